The Morgan fingerprint density at radius 3 is 1.52 bits per heavy atom. The molecular formula is C27H35F10N7O2. The van der Waals surface area contributed by atoms with Gasteiger partial charge in [0.05, 0.1) is 11.4 Å². The van der Waals surface area contributed by atoms with Crippen molar-refractivity contribution in [3.8, 4) is 11.8 Å². The van der Waals surface area contributed by atoms with E-state index in [1.807, 2.05) is 0 Å². The van der Waals surface area contributed by atoms with Gasteiger partial charge < -0.3 is 14.9 Å². The van der Waals surface area contributed by atoms with Gasteiger partial charge >= 0.3 is 19.0 Å². The Morgan fingerprint density at radius 1 is 0.783 bits per heavy atom. The molecule has 1 atom stereocenters. The summed E-state index contributed by atoms with van der Waals surface area (Å²) < 4.78 is 131. The summed E-state index contributed by atoms with van der Waals surface area (Å²) in [7, 11) is 4.42. The highest BCUT2D eigenvalue weighted by Gasteiger charge is 2.45. The van der Waals surface area contributed by atoms with Gasteiger partial charge in [0, 0.05) is 37.8 Å². The van der Waals surface area contributed by atoms with Crippen molar-refractivity contribution in [3.05, 3.63) is 57.9 Å². The molecule has 1 aliphatic heterocycles. The van der Waals surface area contributed by atoms with E-state index < -0.39 is 43.4 Å². The van der Waals surface area contributed by atoms with Crippen LogP contribution >= 0.6 is 0 Å². The van der Waals surface area contributed by atoms with Gasteiger partial charge in [0.15, 0.2) is 6.61 Å². The molecule has 0 bridgehead atoms. The first kappa shape index (κ1) is 40.0. The number of aliphatic imine (C=N–C) groups is 1. The SMILES string of the molecule is CC1=NC(C(F)(F)F)N(C)N1.Cc1c(F)cccc1F.Cc1nn(C)c(OC(F)F)c1C.Cc1nn(C)c(OCC(F)(F)F)c1C. The standard InChI is InChI=1S/C8H11F3N2O.C7H10F2N2O.C7H6F2.C5H8F3N3/c1-5-6(2)12-13(3)7(5)14-4-8(9,10)11;1-4-5(2)10-11(3)6(4)12-7(8)9;1-5-6(8)3-2-4-7(5)9;1-3-9-4(5(6,7)8)11(2)10-3/h4H2,1-3H3;7H,1-3H3;2-4H,1H3;4H,1-2H3,(H,9,10). The quantitative estimate of drug-likeness (QED) is 0.312. The number of rotatable bonds is 4. The van der Waals surface area contributed by atoms with Crippen LogP contribution in [0.2, 0.25) is 0 Å². The molecule has 0 fully saturated rings. The second kappa shape index (κ2) is 16.5. The average molecular weight is 680 g/mol. The highest BCUT2D eigenvalue weighted by atomic mass is 19.4. The van der Waals surface area contributed by atoms with Gasteiger partial charge in [-0.2, -0.15) is 50.3 Å². The van der Waals surface area contributed by atoms with Crippen LogP contribution in [0.1, 0.15) is 35.0 Å². The van der Waals surface area contributed by atoms with Crippen molar-refractivity contribution in [2.45, 2.75) is 66.7 Å². The number of hydrogen-bond acceptors (Lipinski definition) is 7. The number of amidine groups is 1. The summed E-state index contributed by atoms with van der Waals surface area (Å²) in [6, 6.07) is 3.81. The first-order chi connectivity index (χ1) is 21.0. The molecule has 46 heavy (non-hydrogen) atoms. The minimum Gasteiger partial charge on any atom is -0.468 e. The molecule has 0 spiro atoms. The number of nitrogens with zero attached hydrogens (tertiary/aromatic N) is 6. The van der Waals surface area contributed by atoms with Gasteiger partial charge in [0.25, 0.3) is 0 Å². The Bertz CT molecular complexity index is 1430. The molecule has 0 radical (unpaired) electrons. The van der Waals surface area contributed by atoms with Crippen LogP contribution in [0.5, 0.6) is 11.8 Å². The second-order valence-corrected chi connectivity index (χ2v) is 9.76. The first-order valence-corrected chi connectivity index (χ1v) is 13.1. The number of hydrogen-bond donors (Lipinski definition) is 1. The maximum atomic E-state index is 12.3. The normalized spacial score (nSPS) is 14.7. The topological polar surface area (TPSA) is 81.7 Å². The largest absolute Gasteiger partial charge is 0.468 e. The highest BCUT2D eigenvalue weighted by molar-refractivity contribution is 5.80. The molecule has 4 rings (SSSR count). The van der Waals surface area contributed by atoms with Crippen molar-refractivity contribution < 1.29 is 53.4 Å². The van der Waals surface area contributed by atoms with Crippen LogP contribution in [-0.4, -0.2) is 69.2 Å². The van der Waals surface area contributed by atoms with Crippen molar-refractivity contribution >= 4 is 5.84 Å². The van der Waals surface area contributed by atoms with E-state index in [0.29, 0.717) is 22.5 Å². The summed E-state index contributed by atoms with van der Waals surface area (Å²) in [5.74, 6) is -0.401. The zero-order valence-electron chi connectivity index (χ0n) is 26.4. The van der Waals surface area contributed by atoms with E-state index in [1.165, 1.54) is 48.5 Å². The van der Waals surface area contributed by atoms with Crippen molar-refractivity contribution in [3.63, 3.8) is 0 Å². The summed E-state index contributed by atoms with van der Waals surface area (Å²) in [4.78, 5) is 3.35. The molecule has 0 aliphatic carbocycles. The molecule has 1 unspecified atom stereocenters. The first-order valence-electron chi connectivity index (χ1n) is 13.1. The zero-order valence-corrected chi connectivity index (χ0v) is 26.4. The summed E-state index contributed by atoms with van der Waals surface area (Å²) in [5.41, 5.74) is 5.18. The maximum absolute atomic E-state index is 12.3. The van der Waals surface area contributed by atoms with Crippen LogP contribution in [0.3, 0.4) is 0 Å². The van der Waals surface area contributed by atoms with Crippen LogP contribution < -0.4 is 14.9 Å². The number of hydrazine groups is 1. The smallest absolute Gasteiger partial charge is 0.425 e. The summed E-state index contributed by atoms with van der Waals surface area (Å²) >= 11 is 0. The number of halogens is 10. The molecule has 1 N–H and O–H groups in total. The van der Waals surface area contributed by atoms with Crippen LogP contribution in [0.25, 0.3) is 0 Å². The fraction of sp³-hybridized carbons (Fsp3) is 0.519. The Morgan fingerprint density at radius 2 is 1.24 bits per heavy atom. The second-order valence-electron chi connectivity index (χ2n) is 9.76. The summed E-state index contributed by atoms with van der Waals surface area (Å²) in [5, 5.41) is 8.78. The van der Waals surface area contributed by atoms with E-state index in [1.54, 1.807) is 41.8 Å². The van der Waals surface area contributed by atoms with E-state index in [2.05, 4.69) is 30.1 Å². The van der Waals surface area contributed by atoms with Gasteiger partial charge in [-0.25, -0.2) is 23.1 Å². The highest BCUT2D eigenvalue weighted by Crippen LogP contribution is 2.26. The third-order valence-corrected chi connectivity index (χ3v) is 6.00. The van der Waals surface area contributed by atoms with Gasteiger partial charge in [-0.1, -0.05) is 6.07 Å². The Kier molecular flexibility index (Phi) is 14.4. The lowest BCUT2D eigenvalue weighted by Crippen LogP contribution is -2.44. The third kappa shape index (κ3) is 12.4. The molecule has 260 valence electrons. The molecule has 1 aromatic carbocycles. The van der Waals surface area contributed by atoms with Crippen molar-refractivity contribution in [1.82, 2.24) is 30.0 Å². The predicted molar refractivity (Wildman–Crippen MR) is 148 cm³/mol. The van der Waals surface area contributed by atoms with E-state index >= 15 is 0 Å². The number of aryl methyl sites for hydroxylation is 4. The van der Waals surface area contributed by atoms with Gasteiger partial charge in [-0.05, 0) is 53.7 Å². The fourth-order valence-corrected chi connectivity index (χ4v) is 3.58. The molecule has 3 heterocycles. The molecule has 9 nitrogen and oxygen atoms in total. The number of alkyl halides is 8. The fourth-order valence-electron chi connectivity index (χ4n) is 3.58. The van der Waals surface area contributed by atoms with E-state index in [-0.39, 0.29) is 23.2 Å². The monoisotopic (exact) mass is 679 g/mol. The van der Waals surface area contributed by atoms with Crippen LogP contribution in [-0.2, 0) is 14.1 Å². The van der Waals surface area contributed by atoms with Crippen LogP contribution in [0.4, 0.5) is 43.9 Å². The predicted octanol–water partition coefficient (Wildman–Crippen LogP) is 6.63. The van der Waals surface area contributed by atoms with Gasteiger partial charge in [-0.15, -0.1) is 0 Å². The minimum absolute atomic E-state index is 0.0810. The molecule has 19 heteroatoms. The van der Waals surface area contributed by atoms with Crippen molar-refractivity contribution in [2.24, 2.45) is 19.1 Å². The van der Waals surface area contributed by atoms with Crippen LogP contribution in [0.15, 0.2) is 23.2 Å². The Balaban J connectivity index is 0.000000310. The average Bonchev–Trinajstić information content (AvgIpc) is 3.48. The zero-order chi connectivity index (χ0) is 35.7. The summed E-state index contributed by atoms with van der Waals surface area (Å²) in [6.45, 7) is 5.65. The molecule has 2 aromatic heterocycles. The van der Waals surface area contributed by atoms with Gasteiger partial charge in [0.1, 0.15) is 17.5 Å². The Hall–Kier alpha value is -4.03. The molecular weight excluding hydrogens is 644 g/mol. The summed E-state index contributed by atoms with van der Waals surface area (Å²) in [6.07, 6.45) is -10.3. The molecule has 3 aromatic rings. The molecule has 1 aliphatic rings. The van der Waals surface area contributed by atoms with Crippen LogP contribution in [0, 0.1) is 46.3 Å². The van der Waals surface area contributed by atoms with Crippen molar-refractivity contribution in [1.29, 1.82) is 0 Å². The Labute approximate surface area is 258 Å². The number of nitrogens with one attached hydrogen (secondary N) is 1. The van der Waals surface area contributed by atoms with Gasteiger partial charge in [-0.3, -0.25) is 0 Å². The lowest BCUT2D eigenvalue weighted by Gasteiger charge is -2.19. The van der Waals surface area contributed by atoms with E-state index in [9.17, 15) is 43.9 Å². The number of benzene rings is 1. The number of aromatic nitrogens is 4. The van der Waals surface area contributed by atoms with Crippen molar-refractivity contribution in [2.75, 3.05) is 13.7 Å². The maximum Gasteiger partial charge on any atom is 0.425 e. The molecule has 0 saturated heterocycles. The lowest BCUT2D eigenvalue weighted by atomic mass is 10.2. The van der Waals surface area contributed by atoms with Gasteiger partial charge in [0.2, 0.25) is 17.9 Å². The number of ether oxygens (including phenoxy) is 2. The molecule has 0 amide bonds. The van der Waals surface area contributed by atoms with E-state index in [4.69, 9.17) is 0 Å². The molecule has 0 saturated carbocycles. The third-order valence-electron chi connectivity index (χ3n) is 6.00. The minimum atomic E-state index is -4.31. The lowest BCUT2D eigenvalue weighted by molar-refractivity contribution is -0.177. The van der Waals surface area contributed by atoms with E-state index in [0.717, 1.165) is 5.01 Å².